The van der Waals surface area contributed by atoms with Crippen LogP contribution < -0.4 is 10.4 Å². The molecule has 1 heterocycles. The number of benzene rings is 2. The van der Waals surface area contributed by atoms with Gasteiger partial charge >= 0.3 is 0 Å². The highest BCUT2D eigenvalue weighted by molar-refractivity contribution is 7.50. The molecule has 0 fully saturated rings. The average molecular weight is 373 g/mol. The van der Waals surface area contributed by atoms with Crippen molar-refractivity contribution in [2.75, 3.05) is 0 Å². The largest absolute Gasteiger partial charge is 0.101 e. The molecule has 0 N–H and O–H groups in total. The number of fused-ring (bicyclic) bond motifs is 3. The quantitative estimate of drug-likeness (QED) is 0.467. The molecular weight excluding hydrogens is 344 g/mol. The fourth-order valence-corrected chi connectivity index (χ4v) is 13.7. The van der Waals surface area contributed by atoms with Crippen molar-refractivity contribution in [3.05, 3.63) is 46.5 Å². The molecule has 0 atom stereocenters. The Morgan fingerprint density at radius 2 is 0.962 bits per heavy atom. The molecule has 0 unspecified atom stereocenters. The second kappa shape index (κ2) is 6.31. The third-order valence-electron chi connectivity index (χ3n) is 6.45. The van der Waals surface area contributed by atoms with Crippen LogP contribution >= 0.6 is 0 Å². The van der Waals surface area contributed by atoms with Crippen LogP contribution in [0.5, 0.6) is 0 Å². The topological polar surface area (TPSA) is 0 Å². The van der Waals surface area contributed by atoms with E-state index in [0.29, 0.717) is 0 Å². The molecule has 1 aliphatic rings. The SMILES string of the molecule is CC#Cc1cc2c(cc1C)[Si](C)(C)[Si](C)(C)c1cc(C)c(C#CC)cc1-2. The van der Waals surface area contributed by atoms with Gasteiger partial charge in [0.25, 0.3) is 0 Å². The maximum atomic E-state index is 3.30. The lowest BCUT2D eigenvalue weighted by Crippen LogP contribution is -2.72. The molecule has 2 heteroatoms. The number of hydrogen-bond acceptors (Lipinski definition) is 0. The van der Waals surface area contributed by atoms with Crippen molar-refractivity contribution < 1.29 is 0 Å². The molecule has 0 saturated heterocycles. The van der Waals surface area contributed by atoms with Gasteiger partial charge in [-0.15, -0.1) is 11.8 Å². The molecular formula is C24H28Si2. The van der Waals surface area contributed by atoms with Crippen molar-refractivity contribution in [3.8, 4) is 34.8 Å². The second-order valence-electron chi connectivity index (χ2n) is 8.43. The van der Waals surface area contributed by atoms with Crippen LogP contribution in [0.1, 0.15) is 36.1 Å². The van der Waals surface area contributed by atoms with Crippen LogP contribution in [0.25, 0.3) is 11.1 Å². The van der Waals surface area contributed by atoms with Crippen LogP contribution in [-0.4, -0.2) is 15.2 Å². The Morgan fingerprint density at radius 3 is 1.27 bits per heavy atom. The number of hydrogen-bond donors (Lipinski definition) is 0. The van der Waals surface area contributed by atoms with E-state index in [4.69, 9.17) is 0 Å². The van der Waals surface area contributed by atoms with E-state index in [1.165, 1.54) is 22.3 Å². The monoisotopic (exact) mass is 372 g/mol. The standard InChI is InChI=1S/C24H28Si2/c1-9-11-19-15-21-22-16-20(12-10-2)18(4)14-24(22)26(7,8)25(5,6)23(21)13-17(19)3/h13-16H,1-8H3. The zero-order chi connectivity index (χ0) is 19.3. The van der Waals surface area contributed by atoms with E-state index in [-0.39, 0.29) is 0 Å². The molecule has 0 saturated carbocycles. The van der Waals surface area contributed by atoms with Crippen LogP contribution in [0.3, 0.4) is 0 Å². The van der Waals surface area contributed by atoms with E-state index in [9.17, 15) is 0 Å². The molecule has 2 aromatic carbocycles. The maximum Gasteiger partial charge on any atom is 0.0800 e. The zero-order valence-electron chi connectivity index (χ0n) is 17.3. The van der Waals surface area contributed by atoms with Gasteiger partial charge in [-0.1, -0.05) is 60.5 Å². The Hall–Kier alpha value is -2.01. The lowest BCUT2D eigenvalue weighted by atomic mass is 9.96. The highest BCUT2D eigenvalue weighted by Crippen LogP contribution is 2.35. The summed E-state index contributed by atoms with van der Waals surface area (Å²) in [6.07, 6.45) is 0. The molecule has 26 heavy (non-hydrogen) atoms. The van der Waals surface area contributed by atoms with Crippen LogP contribution in [0.2, 0.25) is 26.2 Å². The fourth-order valence-electron chi connectivity index (χ4n) is 4.11. The summed E-state index contributed by atoms with van der Waals surface area (Å²) < 4.78 is 0. The summed E-state index contributed by atoms with van der Waals surface area (Å²) in [5.41, 5.74) is 7.76. The lowest BCUT2D eigenvalue weighted by Gasteiger charge is -2.46. The van der Waals surface area contributed by atoms with Gasteiger partial charge in [0.15, 0.2) is 0 Å². The Bertz CT molecular complexity index is 946. The molecule has 0 aromatic heterocycles. The molecule has 0 amide bonds. The summed E-state index contributed by atoms with van der Waals surface area (Å²) in [6, 6.07) is 9.58. The summed E-state index contributed by atoms with van der Waals surface area (Å²) in [7, 11) is -3.14. The molecule has 0 aliphatic carbocycles. The fraction of sp³-hybridized carbons (Fsp3) is 0.333. The summed E-state index contributed by atoms with van der Waals surface area (Å²) >= 11 is 0. The first-order chi connectivity index (χ1) is 12.1. The Morgan fingerprint density at radius 1 is 0.615 bits per heavy atom. The minimum atomic E-state index is -1.57. The van der Waals surface area contributed by atoms with Crippen molar-refractivity contribution in [1.82, 2.24) is 0 Å². The molecule has 2 aromatic rings. The minimum absolute atomic E-state index is 1.16. The molecule has 0 nitrogen and oxygen atoms in total. The minimum Gasteiger partial charge on any atom is -0.101 e. The summed E-state index contributed by atoms with van der Waals surface area (Å²) in [4.78, 5) is 0. The predicted molar refractivity (Wildman–Crippen MR) is 121 cm³/mol. The van der Waals surface area contributed by atoms with E-state index in [1.807, 2.05) is 13.8 Å². The van der Waals surface area contributed by atoms with E-state index in [0.717, 1.165) is 11.1 Å². The van der Waals surface area contributed by atoms with Crippen molar-refractivity contribution in [2.45, 2.75) is 53.9 Å². The first-order valence-corrected chi connectivity index (χ1v) is 16.3. The van der Waals surface area contributed by atoms with E-state index in [1.54, 1.807) is 10.4 Å². The first-order valence-electron chi connectivity index (χ1n) is 9.31. The molecule has 132 valence electrons. The summed E-state index contributed by atoms with van der Waals surface area (Å²) in [5, 5.41) is 3.22. The van der Waals surface area contributed by atoms with E-state index >= 15 is 0 Å². The van der Waals surface area contributed by atoms with Gasteiger partial charge in [0.2, 0.25) is 0 Å². The van der Waals surface area contributed by atoms with Gasteiger partial charge in [-0.2, -0.15) is 0 Å². The Balaban J connectivity index is 2.47. The molecule has 0 radical (unpaired) electrons. The van der Waals surface area contributed by atoms with Crippen molar-refractivity contribution in [2.24, 2.45) is 0 Å². The smallest absolute Gasteiger partial charge is 0.0800 e. The zero-order valence-corrected chi connectivity index (χ0v) is 19.3. The first kappa shape index (κ1) is 18.8. The second-order valence-corrected chi connectivity index (χ2v) is 23.5. The lowest BCUT2D eigenvalue weighted by molar-refractivity contribution is 1.42. The van der Waals surface area contributed by atoms with Crippen molar-refractivity contribution >= 4 is 25.6 Å². The Kier molecular flexibility index (Phi) is 4.55. The van der Waals surface area contributed by atoms with Crippen LogP contribution in [0.15, 0.2) is 24.3 Å². The summed E-state index contributed by atoms with van der Waals surface area (Å²) in [6.45, 7) is 18.5. The normalized spacial score (nSPS) is 15.7. The van der Waals surface area contributed by atoms with Crippen molar-refractivity contribution in [3.63, 3.8) is 0 Å². The average Bonchev–Trinajstić information content (AvgIpc) is 2.57. The van der Waals surface area contributed by atoms with Crippen molar-refractivity contribution in [1.29, 1.82) is 0 Å². The van der Waals surface area contributed by atoms with Gasteiger partial charge in [0.05, 0.1) is 15.2 Å². The third kappa shape index (κ3) is 2.61. The Labute approximate surface area is 160 Å². The number of aryl methyl sites for hydroxylation is 2. The van der Waals surface area contributed by atoms with E-state index < -0.39 is 15.2 Å². The highest BCUT2D eigenvalue weighted by Gasteiger charge is 2.49. The summed E-state index contributed by atoms with van der Waals surface area (Å²) in [5.74, 6) is 12.8. The van der Waals surface area contributed by atoms with Crippen LogP contribution in [-0.2, 0) is 0 Å². The maximum absolute atomic E-state index is 3.30. The van der Waals surface area contributed by atoms with Gasteiger partial charge in [-0.25, -0.2) is 0 Å². The van der Waals surface area contributed by atoms with Crippen LogP contribution in [0.4, 0.5) is 0 Å². The van der Waals surface area contributed by atoms with E-state index in [2.05, 4.69) is 88.0 Å². The van der Waals surface area contributed by atoms with Crippen LogP contribution in [0, 0.1) is 37.5 Å². The third-order valence-corrected chi connectivity index (χ3v) is 24.1. The van der Waals surface area contributed by atoms with Gasteiger partial charge in [0, 0.05) is 11.1 Å². The molecule has 1 aliphatic heterocycles. The van der Waals surface area contributed by atoms with Gasteiger partial charge in [0.1, 0.15) is 0 Å². The van der Waals surface area contributed by atoms with Gasteiger partial charge in [-0.05, 0) is 62.1 Å². The molecule has 0 bridgehead atoms. The highest BCUT2D eigenvalue weighted by atomic mass is 29.3. The molecule has 3 rings (SSSR count). The van der Waals surface area contributed by atoms with Gasteiger partial charge < -0.3 is 0 Å². The number of rotatable bonds is 0. The predicted octanol–water partition coefficient (Wildman–Crippen LogP) is 4.64. The molecule has 0 spiro atoms. The van der Waals surface area contributed by atoms with Gasteiger partial charge in [-0.3, -0.25) is 0 Å².